The Morgan fingerprint density at radius 2 is 0.409 bits per heavy atom. The highest BCUT2D eigenvalue weighted by Crippen LogP contribution is 2.52. The van der Waals surface area contributed by atoms with Crippen LogP contribution >= 0.6 is 34.0 Å². The monoisotopic (exact) mass is 1960 g/mol. The second kappa shape index (κ2) is 38.4. The van der Waals surface area contributed by atoms with E-state index in [-0.39, 0.29) is 0 Å². The molecule has 0 saturated carbocycles. The number of hydrogen-bond donors (Lipinski definition) is 0. The largest absolute Gasteiger partial charge is 0.456 e. The molecule has 0 saturated heterocycles. The summed E-state index contributed by atoms with van der Waals surface area (Å²) in [5, 5.41) is 16.7. The lowest BCUT2D eigenvalue weighted by molar-refractivity contribution is 0.668. The summed E-state index contributed by atoms with van der Waals surface area (Å²) in [6.45, 7) is 2.24. The lowest BCUT2D eigenvalue weighted by Gasteiger charge is -2.27. The minimum absolute atomic E-state index is 0.889. The molecule has 0 bridgehead atoms. The van der Waals surface area contributed by atoms with E-state index in [0.29, 0.717) is 0 Å². The van der Waals surface area contributed by atoms with Crippen LogP contribution in [0.25, 0.3) is 148 Å². The molecule has 0 aliphatic heterocycles. The summed E-state index contributed by atoms with van der Waals surface area (Å²) in [6, 6.07) is 192. The molecule has 0 radical (unpaired) electrons. The molecule has 12 heteroatoms. The van der Waals surface area contributed by atoms with Gasteiger partial charge in [-0.2, -0.15) is 0 Å². The van der Waals surface area contributed by atoms with Gasteiger partial charge in [0.2, 0.25) is 0 Å². The van der Waals surface area contributed by atoms with Crippen LogP contribution in [0.2, 0.25) is 0 Å². The van der Waals surface area contributed by atoms with Gasteiger partial charge in [0.25, 0.3) is 0 Å². The van der Waals surface area contributed by atoms with Crippen LogP contribution in [0.1, 0.15) is 5.56 Å². The number of anilines is 18. The number of para-hydroxylation sites is 10. The van der Waals surface area contributed by atoms with Crippen molar-refractivity contribution < 1.29 is 13.3 Å². The van der Waals surface area contributed by atoms with Gasteiger partial charge in [0.1, 0.15) is 33.5 Å². The number of benzene rings is 23. The van der Waals surface area contributed by atoms with Crippen molar-refractivity contribution in [1.29, 1.82) is 0 Å². The van der Waals surface area contributed by atoms with Crippen molar-refractivity contribution in [3.63, 3.8) is 0 Å². The molecule has 6 heterocycles. The fourth-order valence-electron chi connectivity index (χ4n) is 21.5. The van der Waals surface area contributed by atoms with Gasteiger partial charge >= 0.3 is 0 Å². The predicted octanol–water partition coefficient (Wildman–Crippen LogP) is 41.8. The third kappa shape index (κ3) is 16.8. The molecule has 29 rings (SSSR count). The molecule has 6 aromatic heterocycles. The summed E-state index contributed by atoms with van der Waals surface area (Å²) in [7, 11) is 0. The molecule has 0 aliphatic carbocycles. The number of furan rings is 3. The van der Waals surface area contributed by atoms with Gasteiger partial charge in [0.05, 0.1) is 5.69 Å². The van der Waals surface area contributed by atoms with Gasteiger partial charge < -0.3 is 42.7 Å². The Hall–Kier alpha value is -18.8. The quantitative estimate of drug-likeness (QED) is 0.0788. The SMILES string of the molecule is Cc1cc(N(c2ccccc2)c2ccc3oc4ccccc4c3c2)cc2sc3ccc(N(c4ccccc4)c4ccccc4)cc3c12.c1ccc(-c2ccc(N(c3ccc4c(c3)sc3ccc(N(c5ccccc5)c5ccccc5)cc34)c3ccc4oc5ccccc5c4c3)cc2)cc1.c1ccc(N(c2ccccc2)c2ccc3sc4cc(N(c5ccc6oc7ccccc7c6c5)c5cccc6ccccc56)ccc4c3c2)cc1. The Kier molecular flexibility index (Phi) is 22.9. The van der Waals surface area contributed by atoms with Gasteiger partial charge in [-0.1, -0.05) is 273 Å². The van der Waals surface area contributed by atoms with Gasteiger partial charge in [-0.25, -0.2) is 0 Å². The van der Waals surface area contributed by atoms with Crippen molar-refractivity contribution in [2.75, 3.05) is 29.4 Å². The smallest absolute Gasteiger partial charge is 0.135 e. The predicted molar refractivity (Wildman–Crippen MR) is 636 cm³/mol. The zero-order valence-corrected chi connectivity index (χ0v) is 83.5. The number of nitrogens with zero attached hydrogens (tertiary/aromatic N) is 6. The van der Waals surface area contributed by atoms with Gasteiger partial charge in [0.15, 0.2) is 0 Å². The molecule has 149 heavy (non-hydrogen) atoms. The zero-order chi connectivity index (χ0) is 98.8. The third-order valence-corrected chi connectivity index (χ3v) is 31.7. The van der Waals surface area contributed by atoms with Crippen molar-refractivity contribution in [1.82, 2.24) is 0 Å². The van der Waals surface area contributed by atoms with Crippen LogP contribution in [-0.4, -0.2) is 0 Å². The summed E-state index contributed by atoms with van der Waals surface area (Å²) in [5.41, 5.74) is 29.2. The van der Waals surface area contributed by atoms with Crippen molar-refractivity contribution in [3.8, 4) is 11.1 Å². The van der Waals surface area contributed by atoms with Crippen LogP contribution in [0, 0.1) is 6.92 Å². The molecule has 9 nitrogen and oxygen atoms in total. The van der Waals surface area contributed by atoms with E-state index in [1.54, 1.807) is 0 Å². The van der Waals surface area contributed by atoms with Crippen LogP contribution < -0.4 is 29.4 Å². The maximum absolute atomic E-state index is 6.22. The first kappa shape index (κ1) is 89.1. The van der Waals surface area contributed by atoms with E-state index in [2.05, 4.69) is 540 Å². The number of hydrogen-bond acceptors (Lipinski definition) is 12. The van der Waals surface area contributed by atoms with E-state index >= 15 is 0 Å². The van der Waals surface area contributed by atoms with E-state index in [9.17, 15) is 0 Å². The lowest BCUT2D eigenvalue weighted by Crippen LogP contribution is -2.10. The van der Waals surface area contributed by atoms with Crippen molar-refractivity contribution in [2.24, 2.45) is 0 Å². The molecule has 0 unspecified atom stereocenters. The molecule has 0 atom stereocenters. The Morgan fingerprint density at radius 1 is 0.148 bits per heavy atom. The van der Waals surface area contributed by atoms with Crippen LogP contribution in [0.15, 0.2) is 553 Å². The normalized spacial score (nSPS) is 11.5. The lowest BCUT2D eigenvalue weighted by atomic mass is 10.0. The van der Waals surface area contributed by atoms with Gasteiger partial charge in [-0.3, -0.25) is 0 Å². The number of aryl methyl sites for hydroxylation is 1. The molecule has 23 aromatic carbocycles. The van der Waals surface area contributed by atoms with Gasteiger partial charge in [-0.15, -0.1) is 34.0 Å². The average Bonchev–Trinajstić information content (AvgIpc) is 1.59. The van der Waals surface area contributed by atoms with E-state index in [0.717, 1.165) is 168 Å². The maximum atomic E-state index is 6.22. The molecular formula is C137H92N6O3S3. The molecule has 0 aliphatic rings. The van der Waals surface area contributed by atoms with E-state index < -0.39 is 0 Å². The first-order valence-corrected chi connectivity index (χ1v) is 52.6. The summed E-state index contributed by atoms with van der Waals surface area (Å²) in [6.07, 6.45) is 0. The Balaban J connectivity index is 0.000000110. The Bertz CT molecular complexity index is 9910. The minimum atomic E-state index is 0.889. The van der Waals surface area contributed by atoms with Gasteiger partial charge in [0, 0.05) is 195 Å². The van der Waals surface area contributed by atoms with Crippen molar-refractivity contribution in [3.05, 3.63) is 545 Å². The van der Waals surface area contributed by atoms with E-state index in [1.165, 1.54) is 88.0 Å². The second-order valence-electron chi connectivity index (χ2n) is 37.5. The summed E-state index contributed by atoms with van der Waals surface area (Å²) >= 11 is 5.54. The van der Waals surface area contributed by atoms with Crippen LogP contribution in [0.3, 0.4) is 0 Å². The highest BCUT2D eigenvalue weighted by molar-refractivity contribution is 7.26. The highest BCUT2D eigenvalue weighted by Gasteiger charge is 2.27. The average molecular weight is 1970 g/mol. The molecule has 0 amide bonds. The van der Waals surface area contributed by atoms with E-state index in [4.69, 9.17) is 13.3 Å². The molecule has 706 valence electrons. The summed E-state index contributed by atoms with van der Waals surface area (Å²) in [5.74, 6) is 0. The topological polar surface area (TPSA) is 58.9 Å². The zero-order valence-electron chi connectivity index (χ0n) is 81.0. The first-order chi connectivity index (χ1) is 73.8. The number of rotatable bonds is 19. The molecule has 0 fully saturated rings. The fraction of sp³-hybridized carbons (Fsp3) is 0.00730. The summed E-state index contributed by atoms with van der Waals surface area (Å²) in [4.78, 5) is 14.1. The Labute approximate surface area is 872 Å². The van der Waals surface area contributed by atoms with Crippen molar-refractivity contribution >= 4 is 273 Å². The second-order valence-corrected chi connectivity index (χ2v) is 40.7. The standard InChI is InChI=1S/C48H32N2OS.C46H30N2OS.C43H30N2OS/c1-4-12-33(13-5-1)34-20-22-37(23-21-34)50(38-25-28-46-43(30-38)41-18-10-11-19-45(41)51-46)40-24-27-42-44-31-39(26-29-47(44)52-48(42)32-40)49(35-14-6-2-7-15-35)36-16-8-3-9-17-36;1-3-14-32(15-4-1)47(33-16-5-2-6-17-33)34-24-27-45-41(29-34)39-25-22-36(30-46(39)50-45)48(42-20-11-13-31-12-7-8-18-37(31)42)35-23-26-44-40(28-35)38-19-9-10-21-43(38)49-44;1-29-25-35(45(32-17-9-4-10-18-32)33-21-23-40-37(26-33)36-19-11-12-20-39(36)46-40)28-42-43(29)38-27-34(22-24-41(38)47-42)44(30-13-5-2-6-14-30)31-15-7-3-8-16-31/h1-32H;1-30H;2-28H,1H3. The van der Waals surface area contributed by atoms with Crippen LogP contribution in [0.4, 0.5) is 102 Å². The minimum Gasteiger partial charge on any atom is -0.456 e. The number of fused-ring (bicyclic) bond motifs is 19. The summed E-state index contributed by atoms with van der Waals surface area (Å²) < 4.78 is 26.2. The molecule has 0 N–H and O–H groups in total. The van der Waals surface area contributed by atoms with Crippen molar-refractivity contribution in [2.45, 2.75) is 6.92 Å². The molecule has 29 aromatic rings. The Morgan fingerprint density at radius 3 is 0.819 bits per heavy atom. The number of thiophene rings is 3. The first-order valence-electron chi connectivity index (χ1n) is 50.2. The highest BCUT2D eigenvalue weighted by atomic mass is 32.1. The van der Waals surface area contributed by atoms with Gasteiger partial charge in [-0.05, 0) is 296 Å². The third-order valence-electron chi connectivity index (χ3n) is 28.4. The molecular weight excluding hydrogens is 1870 g/mol. The maximum Gasteiger partial charge on any atom is 0.135 e. The van der Waals surface area contributed by atoms with Crippen LogP contribution in [0.5, 0.6) is 0 Å². The van der Waals surface area contributed by atoms with Crippen LogP contribution in [-0.2, 0) is 0 Å². The van der Waals surface area contributed by atoms with E-state index in [1.807, 2.05) is 70.4 Å². The fourth-order valence-corrected chi connectivity index (χ4v) is 24.9. The molecule has 0 spiro atoms.